The summed E-state index contributed by atoms with van der Waals surface area (Å²) < 4.78 is 44.6. The van der Waals surface area contributed by atoms with Gasteiger partial charge in [0.15, 0.2) is 11.6 Å². The number of methoxy groups -OCH3 is 1. The Morgan fingerprint density at radius 1 is 1.33 bits per heavy atom. The van der Waals surface area contributed by atoms with Gasteiger partial charge in [0.05, 0.1) is 12.8 Å². The lowest BCUT2D eigenvalue weighted by Gasteiger charge is -2.09. The molecular formula is C12H10ClFN2O4S. The molecule has 0 radical (unpaired) electrons. The van der Waals surface area contributed by atoms with E-state index in [2.05, 4.69) is 9.71 Å². The van der Waals surface area contributed by atoms with Crippen molar-refractivity contribution in [3.05, 3.63) is 51.7 Å². The van der Waals surface area contributed by atoms with Crippen LogP contribution in [0.5, 0.6) is 5.75 Å². The van der Waals surface area contributed by atoms with Gasteiger partial charge in [0.2, 0.25) is 0 Å². The van der Waals surface area contributed by atoms with Crippen LogP contribution in [-0.2, 0) is 10.0 Å². The molecule has 0 fully saturated rings. The number of benzene rings is 1. The molecule has 21 heavy (non-hydrogen) atoms. The average molecular weight is 333 g/mol. The van der Waals surface area contributed by atoms with Gasteiger partial charge < -0.3 is 9.72 Å². The number of pyridine rings is 1. The smallest absolute Gasteiger partial charge is 0.266 e. The van der Waals surface area contributed by atoms with Gasteiger partial charge in [0, 0.05) is 12.3 Å². The number of hydrogen-bond acceptors (Lipinski definition) is 4. The molecule has 6 nitrogen and oxygen atoms in total. The van der Waals surface area contributed by atoms with Crippen molar-refractivity contribution in [1.29, 1.82) is 0 Å². The number of hydrogen-bond donors (Lipinski definition) is 2. The Morgan fingerprint density at radius 2 is 2.05 bits per heavy atom. The molecule has 0 aliphatic heterocycles. The number of halogens is 2. The van der Waals surface area contributed by atoms with Gasteiger partial charge in [-0.3, -0.25) is 9.52 Å². The number of anilines is 1. The number of aromatic nitrogens is 1. The molecule has 2 aromatic rings. The highest BCUT2D eigenvalue weighted by atomic mass is 35.5. The number of rotatable bonds is 4. The maximum Gasteiger partial charge on any atom is 0.266 e. The molecule has 1 aromatic carbocycles. The fraction of sp³-hybridized carbons (Fsp3) is 0.0833. The highest BCUT2D eigenvalue weighted by Crippen LogP contribution is 2.23. The van der Waals surface area contributed by atoms with Gasteiger partial charge in [-0.05, 0) is 18.2 Å². The zero-order chi connectivity index (χ0) is 15.6. The van der Waals surface area contributed by atoms with Crippen molar-refractivity contribution in [1.82, 2.24) is 4.98 Å². The van der Waals surface area contributed by atoms with E-state index in [9.17, 15) is 17.6 Å². The van der Waals surface area contributed by atoms with Gasteiger partial charge >= 0.3 is 0 Å². The first-order valence-electron chi connectivity index (χ1n) is 5.58. The van der Waals surface area contributed by atoms with Gasteiger partial charge in [-0.15, -0.1) is 0 Å². The number of ether oxygens (including phenoxy) is 1. The highest BCUT2D eigenvalue weighted by Gasteiger charge is 2.16. The van der Waals surface area contributed by atoms with Crippen LogP contribution < -0.4 is 15.0 Å². The summed E-state index contributed by atoms with van der Waals surface area (Å²) in [5.74, 6) is -0.720. The summed E-state index contributed by atoms with van der Waals surface area (Å²) in [5.41, 5.74) is -0.596. The summed E-state index contributed by atoms with van der Waals surface area (Å²) in [6.45, 7) is 0. The van der Waals surface area contributed by atoms with E-state index >= 15 is 0 Å². The van der Waals surface area contributed by atoms with Crippen molar-refractivity contribution in [2.75, 3.05) is 11.8 Å². The van der Waals surface area contributed by atoms with Crippen LogP contribution in [0.25, 0.3) is 0 Å². The van der Waals surface area contributed by atoms with Gasteiger partial charge in [-0.2, -0.15) is 0 Å². The van der Waals surface area contributed by atoms with E-state index in [-0.39, 0.29) is 21.4 Å². The normalized spacial score (nSPS) is 11.2. The molecule has 9 heteroatoms. The van der Waals surface area contributed by atoms with Crippen LogP contribution in [0.4, 0.5) is 10.1 Å². The molecule has 0 saturated carbocycles. The second-order valence-corrected chi connectivity index (χ2v) is 6.06. The van der Waals surface area contributed by atoms with Crippen LogP contribution in [0.3, 0.4) is 0 Å². The van der Waals surface area contributed by atoms with Crippen molar-refractivity contribution in [3.8, 4) is 5.75 Å². The molecule has 2 rings (SSSR count). The average Bonchev–Trinajstić information content (AvgIpc) is 2.41. The highest BCUT2D eigenvalue weighted by molar-refractivity contribution is 7.92. The van der Waals surface area contributed by atoms with E-state index in [0.717, 1.165) is 18.3 Å². The summed E-state index contributed by atoms with van der Waals surface area (Å²) in [4.78, 5) is 13.0. The van der Waals surface area contributed by atoms with E-state index in [1.807, 2.05) is 0 Å². The monoisotopic (exact) mass is 332 g/mol. The molecule has 0 atom stereocenters. The lowest BCUT2D eigenvalue weighted by atomic mass is 10.3. The summed E-state index contributed by atoms with van der Waals surface area (Å²) in [5, 5.41) is -0.265. The predicted octanol–water partition coefficient (Wildman–Crippen LogP) is 1.98. The summed E-state index contributed by atoms with van der Waals surface area (Å²) in [6, 6.07) is 4.60. The molecule has 0 aliphatic carbocycles. The quantitative estimate of drug-likeness (QED) is 0.896. The van der Waals surface area contributed by atoms with E-state index < -0.39 is 21.4 Å². The third kappa shape index (κ3) is 3.34. The Balaban J connectivity index is 2.35. The van der Waals surface area contributed by atoms with Crippen molar-refractivity contribution < 1.29 is 17.5 Å². The molecule has 0 unspecified atom stereocenters. The summed E-state index contributed by atoms with van der Waals surface area (Å²) in [7, 11) is -2.70. The molecule has 0 spiro atoms. The van der Waals surface area contributed by atoms with Crippen molar-refractivity contribution >= 4 is 27.3 Å². The fourth-order valence-electron chi connectivity index (χ4n) is 1.54. The largest absolute Gasteiger partial charge is 0.494 e. The second-order valence-electron chi connectivity index (χ2n) is 3.97. The predicted molar refractivity (Wildman–Crippen MR) is 75.8 cm³/mol. The second kappa shape index (κ2) is 5.74. The Hall–Kier alpha value is -2.06. The van der Waals surface area contributed by atoms with E-state index in [4.69, 9.17) is 16.3 Å². The van der Waals surface area contributed by atoms with Crippen LogP contribution in [-0.4, -0.2) is 20.5 Å². The lowest BCUT2D eigenvalue weighted by Crippen LogP contribution is -2.16. The van der Waals surface area contributed by atoms with Gasteiger partial charge in [-0.1, -0.05) is 11.6 Å². The molecule has 1 heterocycles. The standard InChI is InChI=1S/C12H10ClFN2O4S/c1-20-11-3-2-7(4-10(11)14)16-21(18,19)8-5-9(13)12(17)15-6-8/h2-6,16H,1H3,(H,15,17). The molecule has 2 N–H and O–H groups in total. The Bertz CT molecular complexity index is 835. The van der Waals surface area contributed by atoms with Crippen molar-refractivity contribution in [3.63, 3.8) is 0 Å². The summed E-state index contributed by atoms with van der Waals surface area (Å²) >= 11 is 5.58. The van der Waals surface area contributed by atoms with Gasteiger partial charge in [-0.25, -0.2) is 12.8 Å². The minimum Gasteiger partial charge on any atom is -0.494 e. The minimum absolute atomic E-state index is 0.00923. The molecule has 112 valence electrons. The molecule has 0 aliphatic rings. The molecular weight excluding hydrogens is 323 g/mol. The molecule has 0 saturated heterocycles. The molecule has 1 aromatic heterocycles. The zero-order valence-corrected chi connectivity index (χ0v) is 12.3. The van der Waals surface area contributed by atoms with Crippen LogP contribution in [0, 0.1) is 5.82 Å². The maximum absolute atomic E-state index is 13.5. The van der Waals surface area contributed by atoms with E-state index in [0.29, 0.717) is 0 Å². The Kier molecular flexibility index (Phi) is 4.19. The van der Waals surface area contributed by atoms with E-state index in [1.54, 1.807) is 0 Å². The van der Waals surface area contributed by atoms with Crippen LogP contribution in [0.1, 0.15) is 0 Å². The van der Waals surface area contributed by atoms with Crippen LogP contribution in [0.2, 0.25) is 5.02 Å². The van der Waals surface area contributed by atoms with E-state index in [1.165, 1.54) is 19.2 Å². The SMILES string of the molecule is COc1ccc(NS(=O)(=O)c2c[nH]c(=O)c(Cl)c2)cc1F. The zero-order valence-electron chi connectivity index (χ0n) is 10.7. The van der Waals surface area contributed by atoms with Crippen LogP contribution in [0.15, 0.2) is 40.2 Å². The first-order valence-corrected chi connectivity index (χ1v) is 7.44. The first-order chi connectivity index (χ1) is 9.83. The number of nitrogens with one attached hydrogen (secondary N) is 2. The third-order valence-corrected chi connectivity index (χ3v) is 4.19. The van der Waals surface area contributed by atoms with Crippen LogP contribution >= 0.6 is 11.6 Å². The molecule has 0 bridgehead atoms. The van der Waals surface area contributed by atoms with Gasteiger partial charge in [0.1, 0.15) is 9.92 Å². The summed E-state index contributed by atoms with van der Waals surface area (Å²) in [6.07, 6.45) is 0.996. The number of H-pyrrole nitrogens is 1. The Morgan fingerprint density at radius 3 is 2.62 bits per heavy atom. The van der Waals surface area contributed by atoms with Crippen molar-refractivity contribution in [2.45, 2.75) is 4.90 Å². The lowest BCUT2D eigenvalue weighted by molar-refractivity contribution is 0.386. The van der Waals surface area contributed by atoms with Gasteiger partial charge in [0.25, 0.3) is 15.6 Å². The minimum atomic E-state index is -4.00. The molecule has 0 amide bonds. The fourth-order valence-corrected chi connectivity index (χ4v) is 2.82. The Labute approximate surface area is 124 Å². The third-order valence-electron chi connectivity index (χ3n) is 2.55. The van der Waals surface area contributed by atoms with Crippen molar-refractivity contribution in [2.24, 2.45) is 0 Å². The first kappa shape index (κ1) is 15.3. The number of sulfonamides is 1. The topological polar surface area (TPSA) is 88.3 Å². The maximum atomic E-state index is 13.5. The number of aromatic amines is 1.